The van der Waals surface area contributed by atoms with E-state index in [2.05, 4.69) is 5.43 Å². The number of nitrogens with one attached hydrogen (secondary N) is 1. The first-order valence-electron chi connectivity index (χ1n) is 5.60. The summed E-state index contributed by atoms with van der Waals surface area (Å²) >= 11 is 0. The van der Waals surface area contributed by atoms with Crippen molar-refractivity contribution in [3.05, 3.63) is 35.1 Å². The Hall–Kier alpha value is -1.07. The van der Waals surface area contributed by atoms with Crippen molar-refractivity contribution >= 4 is 0 Å². The predicted octanol–water partition coefficient (Wildman–Crippen LogP) is 3.04. The summed E-state index contributed by atoms with van der Waals surface area (Å²) < 4.78 is 39.8. The molecule has 0 saturated heterocycles. The first-order chi connectivity index (χ1) is 7.99. The second-order valence-corrected chi connectivity index (χ2v) is 4.25. The number of rotatable bonds is 5. The highest BCUT2D eigenvalue weighted by molar-refractivity contribution is 5.24. The molecule has 0 aromatic heterocycles. The maximum Gasteiger partial charge on any atom is 0.133 e. The van der Waals surface area contributed by atoms with Gasteiger partial charge < -0.3 is 0 Å². The van der Waals surface area contributed by atoms with E-state index in [-0.39, 0.29) is 11.5 Å². The van der Waals surface area contributed by atoms with Crippen LogP contribution in [0.1, 0.15) is 38.3 Å². The lowest BCUT2D eigenvalue weighted by atomic mass is 9.94. The van der Waals surface area contributed by atoms with E-state index in [0.717, 1.165) is 6.42 Å². The molecule has 0 radical (unpaired) electrons. The van der Waals surface area contributed by atoms with Gasteiger partial charge in [0.1, 0.15) is 17.5 Å². The van der Waals surface area contributed by atoms with Gasteiger partial charge in [-0.05, 0) is 12.3 Å². The van der Waals surface area contributed by atoms with Crippen LogP contribution in [0.3, 0.4) is 0 Å². The molecule has 0 aliphatic heterocycles. The number of hydrogen-bond acceptors (Lipinski definition) is 2. The van der Waals surface area contributed by atoms with E-state index in [4.69, 9.17) is 5.84 Å². The van der Waals surface area contributed by atoms with Gasteiger partial charge >= 0.3 is 0 Å². The Labute approximate surface area is 99.0 Å². The lowest BCUT2D eigenvalue weighted by molar-refractivity contribution is 0.381. The highest BCUT2D eigenvalue weighted by Crippen LogP contribution is 2.27. The average Bonchev–Trinajstić information content (AvgIpc) is 2.25. The maximum atomic E-state index is 13.5. The van der Waals surface area contributed by atoms with Crippen LogP contribution in [0.5, 0.6) is 0 Å². The average molecular weight is 246 g/mol. The van der Waals surface area contributed by atoms with Gasteiger partial charge in [0.25, 0.3) is 0 Å². The molecular formula is C12H17F3N2. The van der Waals surface area contributed by atoms with E-state index in [9.17, 15) is 13.2 Å². The van der Waals surface area contributed by atoms with Gasteiger partial charge in [-0.1, -0.05) is 20.3 Å². The summed E-state index contributed by atoms with van der Waals surface area (Å²) in [4.78, 5) is 0. The molecule has 1 aromatic rings. The summed E-state index contributed by atoms with van der Waals surface area (Å²) in [5.41, 5.74) is 2.18. The molecule has 96 valence electrons. The Bertz CT molecular complexity index is 359. The van der Waals surface area contributed by atoms with Crippen molar-refractivity contribution in [1.29, 1.82) is 0 Å². The number of benzene rings is 1. The molecule has 3 N–H and O–H groups in total. The van der Waals surface area contributed by atoms with Crippen LogP contribution in [0, 0.1) is 23.4 Å². The minimum absolute atomic E-state index is 0.200. The fraction of sp³-hybridized carbons (Fsp3) is 0.500. The molecular weight excluding hydrogens is 229 g/mol. The van der Waals surface area contributed by atoms with Gasteiger partial charge in [0.2, 0.25) is 0 Å². The molecule has 0 aliphatic rings. The second kappa shape index (κ2) is 6.02. The second-order valence-electron chi connectivity index (χ2n) is 4.25. The molecule has 2 unspecified atom stereocenters. The molecule has 17 heavy (non-hydrogen) atoms. The zero-order valence-electron chi connectivity index (χ0n) is 9.93. The third-order valence-corrected chi connectivity index (χ3v) is 2.93. The number of hydrogen-bond donors (Lipinski definition) is 2. The fourth-order valence-electron chi connectivity index (χ4n) is 1.72. The maximum absolute atomic E-state index is 13.5. The van der Waals surface area contributed by atoms with Crippen LogP contribution in [0.25, 0.3) is 0 Å². The van der Waals surface area contributed by atoms with Gasteiger partial charge in [0.15, 0.2) is 0 Å². The first-order valence-corrected chi connectivity index (χ1v) is 5.60. The standard InChI is InChI=1S/C12H17F3N2/c1-3-7(2)4-11(17-16)12-9(14)5-8(13)6-10(12)15/h5-7,11,17H,3-4,16H2,1-2H3. The molecule has 0 saturated carbocycles. The topological polar surface area (TPSA) is 38.0 Å². The summed E-state index contributed by atoms with van der Waals surface area (Å²) in [6.45, 7) is 3.94. The number of nitrogens with two attached hydrogens (primary N) is 1. The molecule has 0 spiro atoms. The summed E-state index contributed by atoms with van der Waals surface area (Å²) in [6, 6.07) is 0.684. The highest BCUT2D eigenvalue weighted by Gasteiger charge is 2.21. The van der Waals surface area contributed by atoms with Crippen molar-refractivity contribution in [2.24, 2.45) is 11.8 Å². The van der Waals surface area contributed by atoms with E-state index < -0.39 is 23.5 Å². The lowest BCUT2D eigenvalue weighted by Gasteiger charge is -2.20. The van der Waals surface area contributed by atoms with E-state index in [1.165, 1.54) is 0 Å². The first kappa shape index (κ1) is 14.0. The Morgan fingerprint density at radius 1 is 1.24 bits per heavy atom. The molecule has 0 aliphatic carbocycles. The molecule has 2 atom stereocenters. The van der Waals surface area contributed by atoms with Crippen LogP contribution < -0.4 is 11.3 Å². The lowest BCUT2D eigenvalue weighted by Crippen LogP contribution is -2.30. The molecule has 1 aromatic carbocycles. The van der Waals surface area contributed by atoms with Crippen LogP contribution in [-0.4, -0.2) is 0 Å². The SMILES string of the molecule is CCC(C)CC(NN)c1c(F)cc(F)cc1F. The molecule has 5 heteroatoms. The fourth-order valence-corrected chi connectivity index (χ4v) is 1.72. The minimum atomic E-state index is -0.928. The van der Waals surface area contributed by atoms with Gasteiger partial charge in [0, 0.05) is 17.7 Å². The Kier molecular flexibility index (Phi) is 4.96. The summed E-state index contributed by atoms with van der Waals surface area (Å²) in [6.07, 6.45) is 1.37. The molecule has 1 rings (SSSR count). The van der Waals surface area contributed by atoms with Crippen LogP contribution in [0.2, 0.25) is 0 Å². The largest absolute Gasteiger partial charge is 0.271 e. The predicted molar refractivity (Wildman–Crippen MR) is 60.5 cm³/mol. The Morgan fingerprint density at radius 3 is 2.18 bits per heavy atom. The van der Waals surface area contributed by atoms with Gasteiger partial charge in [-0.25, -0.2) is 13.2 Å². The third-order valence-electron chi connectivity index (χ3n) is 2.93. The van der Waals surface area contributed by atoms with Crippen molar-refractivity contribution in [2.75, 3.05) is 0 Å². The molecule has 0 heterocycles. The Morgan fingerprint density at radius 2 is 1.76 bits per heavy atom. The van der Waals surface area contributed by atoms with Gasteiger partial charge in [-0.15, -0.1) is 0 Å². The van der Waals surface area contributed by atoms with Gasteiger partial charge in [0.05, 0.1) is 6.04 Å². The van der Waals surface area contributed by atoms with Crippen LogP contribution in [-0.2, 0) is 0 Å². The zero-order valence-corrected chi connectivity index (χ0v) is 9.93. The molecule has 0 bridgehead atoms. The van der Waals surface area contributed by atoms with Crippen molar-refractivity contribution in [1.82, 2.24) is 5.43 Å². The van der Waals surface area contributed by atoms with Crippen molar-refractivity contribution in [3.63, 3.8) is 0 Å². The zero-order chi connectivity index (χ0) is 13.0. The Balaban J connectivity index is 3.03. The summed E-state index contributed by atoms with van der Waals surface area (Å²) in [7, 11) is 0. The van der Waals surface area contributed by atoms with Crippen molar-refractivity contribution in [3.8, 4) is 0 Å². The van der Waals surface area contributed by atoms with E-state index in [0.29, 0.717) is 18.6 Å². The number of hydrazine groups is 1. The summed E-state index contributed by atoms with van der Waals surface area (Å²) in [5, 5.41) is 0. The summed E-state index contributed by atoms with van der Waals surface area (Å²) in [5.74, 6) is 2.83. The highest BCUT2D eigenvalue weighted by atomic mass is 19.1. The number of halogens is 3. The van der Waals surface area contributed by atoms with Crippen molar-refractivity contribution < 1.29 is 13.2 Å². The smallest absolute Gasteiger partial charge is 0.133 e. The van der Waals surface area contributed by atoms with Crippen molar-refractivity contribution in [2.45, 2.75) is 32.7 Å². The molecule has 0 amide bonds. The quantitative estimate of drug-likeness (QED) is 0.619. The van der Waals surface area contributed by atoms with Crippen LogP contribution >= 0.6 is 0 Å². The van der Waals surface area contributed by atoms with Gasteiger partial charge in [-0.3, -0.25) is 11.3 Å². The minimum Gasteiger partial charge on any atom is -0.271 e. The molecule has 2 nitrogen and oxygen atoms in total. The van der Waals surface area contributed by atoms with E-state index in [1.54, 1.807) is 0 Å². The third kappa shape index (κ3) is 3.44. The monoisotopic (exact) mass is 246 g/mol. The normalized spacial score (nSPS) is 14.7. The van der Waals surface area contributed by atoms with Gasteiger partial charge in [-0.2, -0.15) is 0 Å². The van der Waals surface area contributed by atoms with E-state index >= 15 is 0 Å². The van der Waals surface area contributed by atoms with Crippen LogP contribution in [0.15, 0.2) is 12.1 Å². The van der Waals surface area contributed by atoms with E-state index in [1.807, 2.05) is 13.8 Å². The molecule has 0 fully saturated rings. The van der Waals surface area contributed by atoms with Crippen LogP contribution in [0.4, 0.5) is 13.2 Å².